The number of aryl methyl sites for hydroxylation is 1. The standard InChI is InChI=1S/C24H23N5O3.C5H5N5/c1-2-7-21-27-19-11-6-10-18(22(19)24(31)29(21)17-8-4-3-5-9-17)25-14-16-12-13-20(26-15-16)23(30)28-32;6-4-3-5(9-1-7-3)10-2-8-4/h3-6,8-13,15,25,32H,2,7,14H2,1H3,(H,28,30);1-2H,(H3,6,7,8,9,10). The number of nitrogens with one attached hydrogen (secondary N) is 3. The lowest BCUT2D eigenvalue weighted by molar-refractivity contribution is 0.0700. The third-order valence-electron chi connectivity index (χ3n) is 6.35. The van der Waals surface area contributed by atoms with Gasteiger partial charge in [-0.25, -0.2) is 25.4 Å². The van der Waals surface area contributed by atoms with Gasteiger partial charge >= 0.3 is 0 Å². The van der Waals surface area contributed by atoms with Gasteiger partial charge in [-0.05, 0) is 42.3 Å². The van der Waals surface area contributed by atoms with Crippen LogP contribution in [0.15, 0.2) is 84.3 Å². The van der Waals surface area contributed by atoms with Gasteiger partial charge in [0.25, 0.3) is 11.5 Å². The van der Waals surface area contributed by atoms with E-state index in [4.69, 9.17) is 15.9 Å². The van der Waals surface area contributed by atoms with Crippen molar-refractivity contribution in [3.05, 3.63) is 107 Å². The van der Waals surface area contributed by atoms with Crippen molar-refractivity contribution < 1.29 is 10.0 Å². The smallest absolute Gasteiger partial charge is 0.293 e. The molecule has 42 heavy (non-hydrogen) atoms. The highest BCUT2D eigenvalue weighted by molar-refractivity contribution is 5.92. The molecule has 0 saturated carbocycles. The second-order valence-corrected chi connectivity index (χ2v) is 9.16. The molecule has 4 heterocycles. The maximum Gasteiger partial charge on any atom is 0.293 e. The molecule has 6 aromatic rings. The summed E-state index contributed by atoms with van der Waals surface area (Å²) in [6.45, 7) is 2.46. The van der Waals surface area contributed by atoms with Crippen LogP contribution in [-0.2, 0) is 13.0 Å². The number of fused-ring (bicyclic) bond motifs is 2. The van der Waals surface area contributed by atoms with E-state index in [9.17, 15) is 9.59 Å². The molecule has 13 nitrogen and oxygen atoms in total. The minimum absolute atomic E-state index is 0.111. The Morgan fingerprint density at radius 3 is 2.57 bits per heavy atom. The number of rotatable bonds is 7. The van der Waals surface area contributed by atoms with E-state index >= 15 is 0 Å². The maximum absolute atomic E-state index is 13.6. The van der Waals surface area contributed by atoms with Crippen LogP contribution in [-0.4, -0.2) is 45.6 Å². The molecule has 0 saturated heterocycles. The molecule has 0 unspecified atom stereocenters. The molecule has 2 aromatic carbocycles. The molecular formula is C29H28N10O3. The van der Waals surface area contributed by atoms with E-state index in [-0.39, 0.29) is 11.3 Å². The molecule has 0 fully saturated rings. The first-order valence-electron chi connectivity index (χ1n) is 13.1. The second-order valence-electron chi connectivity index (χ2n) is 9.16. The summed E-state index contributed by atoms with van der Waals surface area (Å²) >= 11 is 0. The van der Waals surface area contributed by atoms with Gasteiger partial charge in [0, 0.05) is 24.8 Å². The molecule has 0 bridgehead atoms. The van der Waals surface area contributed by atoms with Crippen molar-refractivity contribution in [2.75, 3.05) is 11.1 Å². The van der Waals surface area contributed by atoms with Crippen molar-refractivity contribution in [1.82, 2.24) is 40.0 Å². The van der Waals surface area contributed by atoms with Crippen LogP contribution in [0.25, 0.3) is 27.8 Å². The average Bonchev–Trinajstić information content (AvgIpc) is 3.51. The third-order valence-corrected chi connectivity index (χ3v) is 6.35. The molecule has 0 spiro atoms. The van der Waals surface area contributed by atoms with Crippen molar-refractivity contribution >= 4 is 39.5 Å². The molecular weight excluding hydrogens is 536 g/mol. The topological polar surface area (TPSA) is 190 Å². The van der Waals surface area contributed by atoms with Crippen LogP contribution in [0.1, 0.15) is 35.2 Å². The van der Waals surface area contributed by atoms with E-state index in [0.29, 0.717) is 46.5 Å². The number of para-hydroxylation sites is 1. The summed E-state index contributed by atoms with van der Waals surface area (Å²) in [5, 5.41) is 12.5. The fourth-order valence-electron chi connectivity index (χ4n) is 4.36. The number of amides is 1. The molecule has 0 atom stereocenters. The van der Waals surface area contributed by atoms with Crippen molar-refractivity contribution in [3.63, 3.8) is 0 Å². The van der Waals surface area contributed by atoms with Crippen LogP contribution >= 0.6 is 0 Å². The Labute approximate surface area is 239 Å². The van der Waals surface area contributed by atoms with Crippen LogP contribution in [0, 0.1) is 0 Å². The van der Waals surface area contributed by atoms with E-state index in [0.717, 1.165) is 23.5 Å². The molecule has 6 rings (SSSR count). The number of aromatic nitrogens is 7. The van der Waals surface area contributed by atoms with Crippen LogP contribution in [0.4, 0.5) is 11.5 Å². The molecule has 0 aliphatic rings. The summed E-state index contributed by atoms with van der Waals surface area (Å²) in [4.78, 5) is 48.2. The number of nitrogens with two attached hydrogens (primary N) is 1. The zero-order valence-electron chi connectivity index (χ0n) is 22.7. The lowest BCUT2D eigenvalue weighted by atomic mass is 10.1. The molecule has 0 radical (unpaired) electrons. The first-order chi connectivity index (χ1) is 20.5. The minimum atomic E-state index is -0.672. The van der Waals surface area contributed by atoms with Crippen LogP contribution in [0.2, 0.25) is 0 Å². The van der Waals surface area contributed by atoms with E-state index in [2.05, 4.69) is 37.2 Å². The highest BCUT2D eigenvalue weighted by atomic mass is 16.5. The number of aromatic amines is 1. The summed E-state index contributed by atoms with van der Waals surface area (Å²) < 4.78 is 1.68. The number of hydroxylamine groups is 1. The highest BCUT2D eigenvalue weighted by Crippen LogP contribution is 2.22. The maximum atomic E-state index is 13.6. The van der Waals surface area contributed by atoms with Gasteiger partial charge in [-0.2, -0.15) is 0 Å². The number of pyridine rings is 1. The van der Waals surface area contributed by atoms with Crippen molar-refractivity contribution in [2.45, 2.75) is 26.3 Å². The Bertz CT molecular complexity index is 1890. The van der Waals surface area contributed by atoms with Gasteiger partial charge in [-0.3, -0.25) is 24.3 Å². The Hall–Kier alpha value is -5.69. The van der Waals surface area contributed by atoms with Crippen LogP contribution in [0.3, 0.4) is 0 Å². The Morgan fingerprint density at radius 2 is 1.86 bits per heavy atom. The predicted octanol–water partition coefficient (Wildman–Crippen LogP) is 3.40. The lowest BCUT2D eigenvalue weighted by Crippen LogP contribution is -2.24. The SMILES string of the molecule is CCCc1nc2cccc(NCc3ccc(C(=O)NO)nc3)c2c(=O)n1-c1ccccc1.Nc1ncnc2nc[nH]c12. The molecule has 1 amide bonds. The zero-order chi connectivity index (χ0) is 29.5. The van der Waals surface area contributed by atoms with Crippen molar-refractivity contribution in [3.8, 4) is 5.69 Å². The van der Waals surface area contributed by atoms with E-state index in [1.165, 1.54) is 18.7 Å². The van der Waals surface area contributed by atoms with E-state index < -0.39 is 5.91 Å². The monoisotopic (exact) mass is 564 g/mol. The molecule has 13 heteroatoms. The van der Waals surface area contributed by atoms with E-state index in [1.807, 2.05) is 48.5 Å². The summed E-state index contributed by atoms with van der Waals surface area (Å²) in [6, 6.07) is 18.3. The number of H-pyrrole nitrogens is 1. The van der Waals surface area contributed by atoms with Gasteiger partial charge in [0.2, 0.25) is 0 Å². The van der Waals surface area contributed by atoms with Gasteiger partial charge in [-0.1, -0.05) is 37.3 Å². The fraction of sp³-hybridized carbons (Fsp3) is 0.138. The molecule has 6 N–H and O–H groups in total. The Balaban J connectivity index is 0.000000295. The third kappa shape index (κ3) is 5.90. The number of imidazole rings is 1. The first kappa shape index (κ1) is 27.9. The highest BCUT2D eigenvalue weighted by Gasteiger charge is 2.15. The van der Waals surface area contributed by atoms with Gasteiger partial charge in [0.1, 0.15) is 23.4 Å². The predicted molar refractivity (Wildman–Crippen MR) is 158 cm³/mol. The summed E-state index contributed by atoms with van der Waals surface area (Å²) in [7, 11) is 0. The van der Waals surface area contributed by atoms with Gasteiger partial charge in [0.05, 0.1) is 22.9 Å². The number of nitrogens with zero attached hydrogens (tertiary/aromatic N) is 6. The number of hydrogen-bond acceptors (Lipinski definition) is 10. The van der Waals surface area contributed by atoms with Gasteiger partial charge in [0.15, 0.2) is 11.5 Å². The average molecular weight is 565 g/mol. The van der Waals surface area contributed by atoms with Crippen LogP contribution < -0.4 is 22.1 Å². The number of carbonyl (C=O) groups is 1. The number of benzene rings is 2. The van der Waals surface area contributed by atoms with Gasteiger partial charge < -0.3 is 16.0 Å². The summed E-state index contributed by atoms with van der Waals surface area (Å²) in [5.41, 5.74) is 11.2. The second kappa shape index (κ2) is 12.7. The van der Waals surface area contributed by atoms with Gasteiger partial charge in [-0.15, -0.1) is 0 Å². The van der Waals surface area contributed by atoms with Crippen LogP contribution in [0.5, 0.6) is 0 Å². The molecule has 4 aromatic heterocycles. The molecule has 0 aliphatic heterocycles. The zero-order valence-corrected chi connectivity index (χ0v) is 22.7. The largest absolute Gasteiger partial charge is 0.382 e. The number of anilines is 2. The number of hydrogen-bond donors (Lipinski definition) is 5. The first-order valence-corrected chi connectivity index (χ1v) is 13.1. The lowest BCUT2D eigenvalue weighted by Gasteiger charge is -2.15. The Kier molecular flexibility index (Phi) is 8.40. The quantitative estimate of drug-likeness (QED) is 0.142. The van der Waals surface area contributed by atoms with E-state index in [1.54, 1.807) is 22.3 Å². The molecule has 0 aliphatic carbocycles. The number of carbonyl (C=O) groups excluding carboxylic acids is 1. The minimum Gasteiger partial charge on any atom is -0.382 e. The summed E-state index contributed by atoms with van der Waals surface area (Å²) in [5.74, 6) is 0.492. The Morgan fingerprint density at radius 1 is 1.02 bits per heavy atom. The van der Waals surface area contributed by atoms with Crippen molar-refractivity contribution in [2.24, 2.45) is 0 Å². The van der Waals surface area contributed by atoms with Crippen molar-refractivity contribution in [1.29, 1.82) is 0 Å². The fourth-order valence-corrected chi connectivity index (χ4v) is 4.36. The molecule has 212 valence electrons. The normalized spacial score (nSPS) is 10.7. The number of nitrogen functional groups attached to an aromatic ring is 1. The summed E-state index contributed by atoms with van der Waals surface area (Å²) in [6.07, 6.45) is 6.04.